The van der Waals surface area contributed by atoms with Crippen molar-refractivity contribution in [2.45, 2.75) is 6.54 Å². The van der Waals surface area contributed by atoms with Gasteiger partial charge >= 0.3 is 0 Å². The summed E-state index contributed by atoms with van der Waals surface area (Å²) >= 11 is 15.5. The Labute approximate surface area is 192 Å². The van der Waals surface area contributed by atoms with Crippen molar-refractivity contribution < 1.29 is 0 Å². The fourth-order valence-electron chi connectivity index (χ4n) is 3.40. The summed E-state index contributed by atoms with van der Waals surface area (Å²) in [5, 5.41) is 5.22. The highest BCUT2D eigenvalue weighted by Crippen LogP contribution is 2.32. The monoisotopic (exact) mass is 466 g/mol. The van der Waals surface area contributed by atoms with Gasteiger partial charge in [-0.3, -0.25) is 0 Å². The molecule has 0 unspecified atom stereocenters. The van der Waals surface area contributed by atoms with Crippen LogP contribution < -0.4 is 4.80 Å². The van der Waals surface area contributed by atoms with Gasteiger partial charge in [0.05, 0.1) is 27.1 Å². The van der Waals surface area contributed by atoms with Crippen molar-refractivity contribution in [3.05, 3.63) is 104 Å². The van der Waals surface area contributed by atoms with Crippen molar-refractivity contribution >= 4 is 62.3 Å². The van der Waals surface area contributed by atoms with Crippen molar-refractivity contribution in [2.75, 3.05) is 0 Å². The predicted molar refractivity (Wildman–Crippen MR) is 130 cm³/mol. The minimum absolute atomic E-state index is 0.703. The fourth-order valence-corrected chi connectivity index (χ4v) is 5.58. The van der Waals surface area contributed by atoms with E-state index in [1.807, 2.05) is 18.2 Å². The fraction of sp³-hybridized carbons (Fsp3) is 0.0417. The quantitative estimate of drug-likeness (QED) is 0.255. The predicted octanol–water partition coefficient (Wildman–Crippen LogP) is 8.02. The number of fused-ring (bicyclic) bond motifs is 1. The number of thiazole rings is 1. The molecule has 0 atom stereocenters. The first-order valence-corrected chi connectivity index (χ1v) is 11.8. The molecule has 0 saturated heterocycles. The SMILES string of the molecule is Clc1ccc(Cn2c(-c3ccc(Cl)s3)csc2=Nc2cccc3ccccc23)cc1. The van der Waals surface area contributed by atoms with E-state index in [1.165, 1.54) is 10.9 Å². The van der Waals surface area contributed by atoms with Gasteiger partial charge in [0.15, 0.2) is 4.80 Å². The lowest BCUT2D eigenvalue weighted by atomic mass is 10.1. The van der Waals surface area contributed by atoms with Crippen LogP contribution in [0, 0.1) is 0 Å². The first-order valence-electron chi connectivity index (χ1n) is 9.38. The molecule has 5 aromatic rings. The minimum atomic E-state index is 0.703. The molecule has 0 fully saturated rings. The molecular formula is C24H16Cl2N2S2. The molecule has 0 aliphatic rings. The molecule has 0 aliphatic heterocycles. The molecule has 30 heavy (non-hydrogen) atoms. The first kappa shape index (κ1) is 19.6. The third kappa shape index (κ3) is 3.96. The number of benzene rings is 3. The highest BCUT2D eigenvalue weighted by Gasteiger charge is 2.12. The van der Waals surface area contributed by atoms with Gasteiger partial charge < -0.3 is 4.57 Å². The van der Waals surface area contributed by atoms with Gasteiger partial charge in [0.25, 0.3) is 0 Å². The van der Waals surface area contributed by atoms with Gasteiger partial charge in [-0.2, -0.15) is 0 Å². The summed E-state index contributed by atoms with van der Waals surface area (Å²) in [4.78, 5) is 7.14. The molecule has 148 valence electrons. The van der Waals surface area contributed by atoms with E-state index in [4.69, 9.17) is 28.2 Å². The third-order valence-corrected chi connectivity index (χ3v) is 7.23. The molecule has 2 aromatic heterocycles. The van der Waals surface area contributed by atoms with E-state index >= 15 is 0 Å². The van der Waals surface area contributed by atoms with Crippen LogP contribution >= 0.6 is 45.9 Å². The Kier molecular flexibility index (Phi) is 5.48. The van der Waals surface area contributed by atoms with E-state index < -0.39 is 0 Å². The second kappa shape index (κ2) is 8.40. The van der Waals surface area contributed by atoms with Crippen LogP contribution in [-0.2, 0) is 6.54 Å². The number of thiophene rings is 1. The summed E-state index contributed by atoms with van der Waals surface area (Å²) in [6.45, 7) is 0.703. The second-order valence-electron chi connectivity index (χ2n) is 6.83. The first-order chi connectivity index (χ1) is 14.7. The summed E-state index contributed by atoms with van der Waals surface area (Å²) < 4.78 is 3.03. The van der Waals surface area contributed by atoms with Crippen LogP contribution in [-0.4, -0.2) is 4.57 Å². The highest BCUT2D eigenvalue weighted by molar-refractivity contribution is 7.19. The van der Waals surface area contributed by atoms with E-state index in [0.29, 0.717) is 6.54 Å². The molecule has 6 heteroatoms. The van der Waals surface area contributed by atoms with Crippen LogP contribution in [0.2, 0.25) is 9.36 Å². The van der Waals surface area contributed by atoms with Gasteiger partial charge in [-0.15, -0.1) is 22.7 Å². The molecule has 0 amide bonds. The highest BCUT2D eigenvalue weighted by atomic mass is 35.5. The lowest BCUT2D eigenvalue weighted by Crippen LogP contribution is -2.16. The summed E-state index contributed by atoms with van der Waals surface area (Å²) in [6.07, 6.45) is 0. The van der Waals surface area contributed by atoms with Crippen LogP contribution in [0.1, 0.15) is 5.56 Å². The Morgan fingerprint density at radius 3 is 2.43 bits per heavy atom. The molecule has 0 saturated carbocycles. The van der Waals surface area contributed by atoms with Crippen LogP contribution in [0.4, 0.5) is 5.69 Å². The maximum atomic E-state index is 6.22. The molecule has 0 spiro atoms. The van der Waals surface area contributed by atoms with E-state index in [2.05, 4.69) is 70.6 Å². The molecule has 0 N–H and O–H groups in total. The largest absolute Gasteiger partial charge is 0.311 e. The number of aromatic nitrogens is 1. The molecule has 2 nitrogen and oxygen atoms in total. The van der Waals surface area contributed by atoms with Crippen LogP contribution in [0.5, 0.6) is 0 Å². The van der Waals surface area contributed by atoms with Crippen molar-refractivity contribution in [1.29, 1.82) is 0 Å². The molecule has 5 rings (SSSR count). The standard InChI is InChI=1S/C24H16Cl2N2S2/c25-18-10-8-16(9-11-18)14-28-21(22-12-13-23(26)30-22)15-29-24(28)27-20-7-3-5-17-4-1-2-6-19(17)20/h1-13,15H,14H2. The molecule has 0 bridgehead atoms. The van der Waals surface area contributed by atoms with Crippen LogP contribution in [0.15, 0.2) is 89.2 Å². The van der Waals surface area contributed by atoms with Gasteiger partial charge in [0.1, 0.15) is 0 Å². The molecular weight excluding hydrogens is 451 g/mol. The van der Waals surface area contributed by atoms with Crippen LogP contribution in [0.25, 0.3) is 21.3 Å². The van der Waals surface area contributed by atoms with Crippen LogP contribution in [0.3, 0.4) is 0 Å². The van der Waals surface area contributed by atoms with Crippen molar-refractivity contribution in [3.8, 4) is 10.6 Å². The van der Waals surface area contributed by atoms with Crippen molar-refractivity contribution in [1.82, 2.24) is 4.57 Å². The van der Waals surface area contributed by atoms with Gasteiger partial charge in [-0.25, -0.2) is 4.99 Å². The summed E-state index contributed by atoms with van der Waals surface area (Å²) in [5.74, 6) is 0. The molecule has 3 aromatic carbocycles. The number of rotatable bonds is 4. The van der Waals surface area contributed by atoms with Gasteiger partial charge in [-0.1, -0.05) is 71.7 Å². The van der Waals surface area contributed by atoms with Gasteiger partial charge in [-0.05, 0) is 41.3 Å². The second-order valence-corrected chi connectivity index (χ2v) is 9.82. The lowest BCUT2D eigenvalue weighted by Gasteiger charge is -2.09. The molecule has 0 aliphatic carbocycles. The summed E-state index contributed by atoms with van der Waals surface area (Å²) in [7, 11) is 0. The molecule has 2 heterocycles. The van der Waals surface area contributed by atoms with Crippen molar-refractivity contribution in [2.24, 2.45) is 4.99 Å². The Morgan fingerprint density at radius 1 is 0.833 bits per heavy atom. The third-order valence-electron chi connectivity index (χ3n) is 4.86. The Hall–Kier alpha value is -2.37. The number of hydrogen-bond donors (Lipinski definition) is 0. The number of halogens is 2. The number of nitrogens with zero attached hydrogens (tertiary/aromatic N) is 2. The summed E-state index contributed by atoms with van der Waals surface area (Å²) in [6, 6.07) is 26.5. The average molecular weight is 467 g/mol. The topological polar surface area (TPSA) is 17.3 Å². The summed E-state index contributed by atoms with van der Waals surface area (Å²) in [5.41, 5.74) is 3.25. The zero-order valence-electron chi connectivity index (χ0n) is 15.8. The van der Waals surface area contributed by atoms with Crippen molar-refractivity contribution in [3.63, 3.8) is 0 Å². The maximum Gasteiger partial charge on any atom is 0.190 e. The van der Waals surface area contributed by atoms with E-state index in [9.17, 15) is 0 Å². The molecule has 0 radical (unpaired) electrons. The Balaban J connectivity index is 1.68. The Bertz CT molecular complexity index is 1390. The zero-order valence-corrected chi connectivity index (χ0v) is 18.9. The van der Waals surface area contributed by atoms with E-state index in [0.717, 1.165) is 35.8 Å². The normalized spacial score (nSPS) is 12.0. The number of hydrogen-bond acceptors (Lipinski definition) is 3. The van der Waals surface area contributed by atoms with E-state index in [1.54, 1.807) is 22.7 Å². The van der Waals surface area contributed by atoms with Gasteiger partial charge in [0, 0.05) is 15.8 Å². The average Bonchev–Trinajstić information content (AvgIpc) is 3.36. The smallest absolute Gasteiger partial charge is 0.190 e. The Morgan fingerprint density at radius 2 is 1.63 bits per heavy atom. The van der Waals surface area contributed by atoms with Gasteiger partial charge in [0.2, 0.25) is 0 Å². The van der Waals surface area contributed by atoms with E-state index in [-0.39, 0.29) is 0 Å². The minimum Gasteiger partial charge on any atom is -0.311 e. The maximum absolute atomic E-state index is 6.22. The zero-order chi connectivity index (χ0) is 20.5. The lowest BCUT2D eigenvalue weighted by molar-refractivity contribution is 0.780.